The van der Waals surface area contributed by atoms with Crippen molar-refractivity contribution in [2.24, 2.45) is 0 Å². The van der Waals surface area contributed by atoms with E-state index in [1.165, 1.54) is 6.20 Å². The molecule has 19 heavy (non-hydrogen) atoms. The quantitative estimate of drug-likeness (QED) is 0.828. The summed E-state index contributed by atoms with van der Waals surface area (Å²) in [5.41, 5.74) is 0.279. The molecule has 0 aliphatic rings. The van der Waals surface area contributed by atoms with Gasteiger partial charge in [-0.05, 0) is 14.1 Å². The summed E-state index contributed by atoms with van der Waals surface area (Å²) in [5, 5.41) is 0.297. The number of rotatable bonds is 5. The first kappa shape index (κ1) is 15.9. The van der Waals surface area contributed by atoms with Crippen LogP contribution in [0.5, 0.6) is 0 Å². The van der Waals surface area contributed by atoms with Gasteiger partial charge in [0, 0.05) is 26.1 Å². The van der Waals surface area contributed by atoms with Gasteiger partial charge in [0.05, 0.1) is 11.2 Å². The second-order valence-electron chi connectivity index (χ2n) is 5.11. The molecule has 0 unspecified atom stereocenters. The van der Waals surface area contributed by atoms with Crippen molar-refractivity contribution in [1.82, 2.24) is 19.8 Å². The number of hydrogen-bond donors (Lipinski definition) is 0. The minimum atomic E-state index is -0.170. The molecule has 0 radical (unpaired) electrons. The maximum atomic E-state index is 12.3. The molecule has 0 N–H and O–H groups in total. The molecule has 1 aromatic heterocycles. The first-order valence-corrected chi connectivity index (χ1v) is 6.63. The van der Waals surface area contributed by atoms with Crippen LogP contribution in [-0.4, -0.2) is 59.9 Å². The number of halogens is 1. The summed E-state index contributed by atoms with van der Waals surface area (Å²) < 4.78 is 0. The lowest BCUT2D eigenvalue weighted by Gasteiger charge is -2.20. The average Bonchev–Trinajstić information content (AvgIpc) is 2.35. The lowest BCUT2D eigenvalue weighted by Crippen LogP contribution is -2.34. The molecule has 0 saturated heterocycles. The Morgan fingerprint density at radius 2 is 1.95 bits per heavy atom. The van der Waals surface area contributed by atoms with Crippen LogP contribution in [0.4, 0.5) is 0 Å². The maximum Gasteiger partial charge on any atom is 0.273 e. The molecule has 0 aliphatic heterocycles. The molecule has 106 valence electrons. The number of aromatic nitrogens is 2. The van der Waals surface area contributed by atoms with E-state index < -0.39 is 0 Å². The van der Waals surface area contributed by atoms with E-state index in [1.54, 1.807) is 11.9 Å². The molecule has 0 saturated carbocycles. The molecule has 6 heteroatoms. The Labute approximate surface area is 119 Å². The van der Waals surface area contributed by atoms with Crippen molar-refractivity contribution >= 4 is 17.5 Å². The zero-order valence-electron chi connectivity index (χ0n) is 12.1. The maximum absolute atomic E-state index is 12.3. The van der Waals surface area contributed by atoms with E-state index in [0.717, 1.165) is 6.54 Å². The summed E-state index contributed by atoms with van der Waals surface area (Å²) in [6.45, 7) is 5.38. The highest BCUT2D eigenvalue weighted by Gasteiger charge is 2.19. The third kappa shape index (κ3) is 4.44. The van der Waals surface area contributed by atoms with Crippen molar-refractivity contribution in [2.45, 2.75) is 19.8 Å². The van der Waals surface area contributed by atoms with E-state index in [2.05, 4.69) is 9.97 Å². The van der Waals surface area contributed by atoms with Crippen LogP contribution in [0.15, 0.2) is 6.20 Å². The Morgan fingerprint density at radius 1 is 1.32 bits per heavy atom. The molecule has 0 atom stereocenters. The van der Waals surface area contributed by atoms with Crippen molar-refractivity contribution < 1.29 is 4.79 Å². The predicted octanol–water partition coefficient (Wildman–Crippen LogP) is 1.89. The summed E-state index contributed by atoms with van der Waals surface area (Å²) in [6.07, 6.45) is 1.50. The van der Waals surface area contributed by atoms with E-state index >= 15 is 0 Å². The first-order valence-electron chi connectivity index (χ1n) is 6.25. The Kier molecular flexibility index (Phi) is 5.69. The standard InChI is InChI=1S/C13H21ClN4O/c1-9(2)12-15-8-10(14)11(16-12)13(19)18(5)7-6-17(3)4/h8-9H,6-7H2,1-5H3. The minimum absolute atomic E-state index is 0.163. The van der Waals surface area contributed by atoms with Crippen LogP contribution in [0.1, 0.15) is 36.1 Å². The van der Waals surface area contributed by atoms with Gasteiger partial charge in [0.2, 0.25) is 0 Å². The van der Waals surface area contributed by atoms with Crippen LogP contribution < -0.4 is 0 Å². The van der Waals surface area contributed by atoms with E-state index in [9.17, 15) is 4.79 Å². The van der Waals surface area contributed by atoms with Gasteiger partial charge in [0.1, 0.15) is 5.82 Å². The number of amides is 1. The molecule has 1 aromatic rings. The van der Waals surface area contributed by atoms with Crippen LogP contribution in [0.2, 0.25) is 5.02 Å². The fourth-order valence-corrected chi connectivity index (χ4v) is 1.61. The second-order valence-corrected chi connectivity index (χ2v) is 5.52. The average molecular weight is 285 g/mol. The molecule has 1 rings (SSSR count). The first-order chi connectivity index (χ1) is 8.82. The van der Waals surface area contributed by atoms with E-state index in [4.69, 9.17) is 11.6 Å². The summed E-state index contributed by atoms with van der Waals surface area (Å²) in [6, 6.07) is 0. The summed E-state index contributed by atoms with van der Waals surface area (Å²) in [4.78, 5) is 24.3. The second kappa shape index (κ2) is 6.82. The molecular formula is C13H21ClN4O. The minimum Gasteiger partial charge on any atom is -0.339 e. The summed E-state index contributed by atoms with van der Waals surface area (Å²) in [5.74, 6) is 0.626. The number of carbonyl (C=O) groups is 1. The van der Waals surface area contributed by atoms with Crippen LogP contribution in [0, 0.1) is 0 Å². The number of carbonyl (C=O) groups excluding carboxylic acids is 1. The Hall–Kier alpha value is -1.20. The van der Waals surface area contributed by atoms with E-state index in [1.807, 2.05) is 32.8 Å². The summed E-state index contributed by atoms with van der Waals surface area (Å²) in [7, 11) is 5.68. The Bertz CT molecular complexity index is 448. The fourth-order valence-electron chi connectivity index (χ4n) is 1.44. The van der Waals surface area contributed by atoms with Crippen molar-refractivity contribution in [3.63, 3.8) is 0 Å². The highest BCUT2D eigenvalue weighted by atomic mass is 35.5. The fraction of sp³-hybridized carbons (Fsp3) is 0.615. The SMILES string of the molecule is CC(C)c1ncc(Cl)c(C(=O)N(C)CCN(C)C)n1. The van der Waals surface area contributed by atoms with Crippen LogP contribution in [-0.2, 0) is 0 Å². The topological polar surface area (TPSA) is 49.3 Å². The molecule has 0 bridgehead atoms. The normalized spacial score (nSPS) is 11.2. The van der Waals surface area contributed by atoms with Crippen LogP contribution in [0.25, 0.3) is 0 Å². The van der Waals surface area contributed by atoms with E-state index in [-0.39, 0.29) is 17.5 Å². The molecule has 0 spiro atoms. The zero-order chi connectivity index (χ0) is 14.6. The monoisotopic (exact) mass is 284 g/mol. The highest BCUT2D eigenvalue weighted by Crippen LogP contribution is 2.17. The van der Waals surface area contributed by atoms with Crippen molar-refractivity contribution in [3.05, 3.63) is 22.7 Å². The van der Waals surface area contributed by atoms with Gasteiger partial charge in [0.15, 0.2) is 5.69 Å². The van der Waals surface area contributed by atoms with Crippen molar-refractivity contribution in [1.29, 1.82) is 0 Å². The van der Waals surface area contributed by atoms with Gasteiger partial charge in [-0.25, -0.2) is 9.97 Å². The third-order valence-electron chi connectivity index (χ3n) is 2.71. The van der Waals surface area contributed by atoms with Gasteiger partial charge in [-0.1, -0.05) is 25.4 Å². The third-order valence-corrected chi connectivity index (χ3v) is 2.99. The lowest BCUT2D eigenvalue weighted by molar-refractivity contribution is 0.0780. The smallest absolute Gasteiger partial charge is 0.273 e. The van der Waals surface area contributed by atoms with Crippen molar-refractivity contribution in [2.75, 3.05) is 34.2 Å². The molecule has 0 fully saturated rings. The van der Waals surface area contributed by atoms with Crippen LogP contribution in [0.3, 0.4) is 0 Å². The molecule has 1 heterocycles. The Balaban J connectivity index is 2.89. The highest BCUT2D eigenvalue weighted by molar-refractivity contribution is 6.33. The number of hydrogen-bond acceptors (Lipinski definition) is 4. The van der Waals surface area contributed by atoms with E-state index in [0.29, 0.717) is 17.4 Å². The molecule has 5 nitrogen and oxygen atoms in total. The zero-order valence-corrected chi connectivity index (χ0v) is 12.9. The van der Waals surface area contributed by atoms with Crippen molar-refractivity contribution in [3.8, 4) is 0 Å². The van der Waals surface area contributed by atoms with Gasteiger partial charge in [0.25, 0.3) is 5.91 Å². The number of nitrogens with zero attached hydrogens (tertiary/aromatic N) is 4. The molecular weight excluding hydrogens is 264 g/mol. The largest absolute Gasteiger partial charge is 0.339 e. The van der Waals surface area contributed by atoms with Gasteiger partial charge in [-0.15, -0.1) is 0 Å². The van der Waals surface area contributed by atoms with Gasteiger partial charge in [-0.3, -0.25) is 4.79 Å². The van der Waals surface area contributed by atoms with Gasteiger partial charge in [-0.2, -0.15) is 0 Å². The Morgan fingerprint density at radius 3 is 2.47 bits per heavy atom. The summed E-state index contributed by atoms with van der Waals surface area (Å²) >= 11 is 6.02. The predicted molar refractivity (Wildman–Crippen MR) is 76.6 cm³/mol. The molecule has 0 aliphatic carbocycles. The van der Waals surface area contributed by atoms with Gasteiger partial charge >= 0.3 is 0 Å². The molecule has 1 amide bonds. The number of likely N-dealkylation sites (N-methyl/N-ethyl adjacent to an activating group) is 2. The van der Waals surface area contributed by atoms with Gasteiger partial charge < -0.3 is 9.80 Å². The van der Waals surface area contributed by atoms with Crippen LogP contribution >= 0.6 is 11.6 Å². The lowest BCUT2D eigenvalue weighted by atomic mass is 10.2. The molecule has 0 aromatic carbocycles.